The summed E-state index contributed by atoms with van der Waals surface area (Å²) in [5.41, 5.74) is 0.540. The Balaban J connectivity index is 1.69. The Kier molecular flexibility index (Phi) is 4.75. The van der Waals surface area contributed by atoms with Gasteiger partial charge in [0.1, 0.15) is 6.54 Å². The Bertz CT molecular complexity index is 1000. The number of fused-ring (bicyclic) bond motifs is 1. The molecular weight excluding hydrogens is 382 g/mol. The third-order valence-corrected chi connectivity index (χ3v) is 5.28. The van der Waals surface area contributed by atoms with Gasteiger partial charge in [-0.25, -0.2) is 8.42 Å². The lowest BCUT2D eigenvalue weighted by Gasteiger charge is -2.13. The summed E-state index contributed by atoms with van der Waals surface area (Å²) in [5, 5.41) is 2.38. The fraction of sp³-hybridized carbons (Fsp3) is 0.118. The van der Waals surface area contributed by atoms with Crippen molar-refractivity contribution < 1.29 is 31.6 Å². The van der Waals surface area contributed by atoms with Crippen LogP contribution in [0.1, 0.15) is 20.7 Å². The maximum Gasteiger partial charge on any atom is 0.341 e. The van der Waals surface area contributed by atoms with Crippen molar-refractivity contribution in [3.63, 3.8) is 0 Å². The summed E-state index contributed by atoms with van der Waals surface area (Å²) in [6.07, 6.45) is 0. The highest BCUT2D eigenvalue weighted by molar-refractivity contribution is 7.91. The predicted octanol–water partition coefficient (Wildman–Crippen LogP) is 1.92. The smallest absolute Gasteiger partial charge is 0.325 e. The molecule has 1 heterocycles. The van der Waals surface area contributed by atoms with Gasteiger partial charge < -0.3 is 5.32 Å². The van der Waals surface area contributed by atoms with Crippen LogP contribution in [-0.4, -0.2) is 43.3 Å². The number of nitrogens with zero attached hydrogens (tertiary/aromatic N) is 1. The van der Waals surface area contributed by atoms with Gasteiger partial charge >= 0.3 is 5.76 Å². The molecule has 0 saturated carbocycles. The third-order valence-electron chi connectivity index (χ3n) is 3.88. The lowest BCUT2D eigenvalue weighted by molar-refractivity contribution is -0.116. The van der Waals surface area contributed by atoms with Crippen LogP contribution in [0.3, 0.4) is 0 Å². The molecule has 1 N–H and O–H groups in total. The topological polar surface area (TPSA) is 101 Å². The maximum absolute atomic E-state index is 12.5. The summed E-state index contributed by atoms with van der Waals surface area (Å²) < 4.78 is 47.7. The number of anilines is 1. The lowest BCUT2D eigenvalue weighted by atomic mass is 10.1. The Morgan fingerprint density at radius 2 is 1.48 bits per heavy atom. The van der Waals surface area contributed by atoms with E-state index in [2.05, 4.69) is 5.32 Å². The molecule has 0 aromatic heterocycles. The number of benzene rings is 2. The number of amides is 3. The van der Waals surface area contributed by atoms with Crippen molar-refractivity contribution in [1.29, 1.82) is 0 Å². The van der Waals surface area contributed by atoms with Gasteiger partial charge in [0.25, 0.3) is 11.8 Å². The zero-order chi connectivity index (χ0) is 19.8. The summed E-state index contributed by atoms with van der Waals surface area (Å²) >= 11 is 0. The molecule has 2 aromatic carbocycles. The number of carbonyl (C=O) groups is 3. The van der Waals surface area contributed by atoms with Gasteiger partial charge in [0.2, 0.25) is 15.7 Å². The number of imide groups is 1. The van der Waals surface area contributed by atoms with Crippen LogP contribution in [0.15, 0.2) is 53.4 Å². The minimum absolute atomic E-state index is 0.129. The Morgan fingerprint density at radius 3 is 1.96 bits per heavy atom. The number of sulfone groups is 1. The van der Waals surface area contributed by atoms with E-state index in [1.54, 1.807) is 12.1 Å². The molecule has 140 valence electrons. The van der Waals surface area contributed by atoms with Crippen LogP contribution in [0.5, 0.6) is 0 Å². The molecule has 7 nitrogen and oxygen atoms in total. The first kappa shape index (κ1) is 18.6. The average molecular weight is 394 g/mol. The van der Waals surface area contributed by atoms with E-state index >= 15 is 0 Å². The van der Waals surface area contributed by atoms with E-state index in [1.807, 2.05) is 0 Å². The maximum atomic E-state index is 12.5. The van der Waals surface area contributed by atoms with E-state index < -0.39 is 44.8 Å². The number of nitrogens with one attached hydrogen (secondary N) is 1. The Hall–Kier alpha value is -3.14. The van der Waals surface area contributed by atoms with Gasteiger partial charge in [-0.05, 0) is 36.4 Å². The lowest BCUT2D eigenvalue weighted by Crippen LogP contribution is -2.37. The van der Waals surface area contributed by atoms with E-state index in [9.17, 15) is 31.6 Å². The second kappa shape index (κ2) is 6.88. The highest BCUT2D eigenvalue weighted by Crippen LogP contribution is 2.23. The molecule has 0 aliphatic carbocycles. The predicted molar refractivity (Wildman–Crippen MR) is 90.1 cm³/mol. The van der Waals surface area contributed by atoms with Crippen molar-refractivity contribution in [3.8, 4) is 0 Å². The van der Waals surface area contributed by atoms with Crippen LogP contribution < -0.4 is 5.32 Å². The first-order valence-electron chi connectivity index (χ1n) is 7.59. The van der Waals surface area contributed by atoms with E-state index in [0.717, 1.165) is 29.2 Å². The highest BCUT2D eigenvalue weighted by Gasteiger charge is 2.36. The number of halogens is 2. The largest absolute Gasteiger partial charge is 0.341 e. The number of hydrogen-bond acceptors (Lipinski definition) is 5. The molecule has 27 heavy (non-hydrogen) atoms. The number of hydrogen-bond donors (Lipinski definition) is 1. The summed E-state index contributed by atoms with van der Waals surface area (Å²) in [6, 6.07) is 10.3. The van der Waals surface area contributed by atoms with Crippen molar-refractivity contribution in [2.24, 2.45) is 0 Å². The second-order valence-corrected chi connectivity index (χ2v) is 7.54. The van der Waals surface area contributed by atoms with Crippen molar-refractivity contribution in [1.82, 2.24) is 4.90 Å². The molecule has 0 saturated heterocycles. The van der Waals surface area contributed by atoms with Crippen molar-refractivity contribution >= 4 is 33.2 Å². The fourth-order valence-corrected chi connectivity index (χ4v) is 3.28. The van der Waals surface area contributed by atoms with Crippen molar-refractivity contribution in [2.45, 2.75) is 10.7 Å². The Labute approximate surface area is 152 Å². The SMILES string of the molecule is O=C(CN1C(=O)c2ccccc2C1=O)Nc1ccc(S(=O)(=O)C(F)F)cc1. The van der Waals surface area contributed by atoms with Gasteiger partial charge in [0, 0.05) is 5.69 Å². The first-order chi connectivity index (χ1) is 12.7. The molecule has 3 rings (SSSR count). The van der Waals surface area contributed by atoms with Gasteiger partial charge in [-0.15, -0.1) is 0 Å². The molecule has 0 unspecified atom stereocenters. The molecule has 0 fully saturated rings. The average Bonchev–Trinajstić information content (AvgIpc) is 2.87. The summed E-state index contributed by atoms with van der Waals surface area (Å²) in [5.74, 6) is -5.44. The highest BCUT2D eigenvalue weighted by atomic mass is 32.2. The zero-order valence-corrected chi connectivity index (χ0v) is 14.4. The monoisotopic (exact) mass is 394 g/mol. The zero-order valence-electron chi connectivity index (χ0n) is 13.6. The molecule has 0 radical (unpaired) electrons. The van der Waals surface area contributed by atoms with Crippen LogP contribution in [0.25, 0.3) is 0 Å². The van der Waals surface area contributed by atoms with E-state index in [-0.39, 0.29) is 16.8 Å². The molecule has 1 aliphatic heterocycles. The van der Waals surface area contributed by atoms with Gasteiger partial charge in [0.15, 0.2) is 0 Å². The van der Waals surface area contributed by atoms with Crippen LogP contribution in [0.2, 0.25) is 0 Å². The van der Waals surface area contributed by atoms with Crippen LogP contribution in [-0.2, 0) is 14.6 Å². The van der Waals surface area contributed by atoms with Gasteiger partial charge in [-0.3, -0.25) is 19.3 Å². The molecule has 0 atom stereocenters. The first-order valence-corrected chi connectivity index (χ1v) is 9.13. The van der Waals surface area contributed by atoms with Gasteiger partial charge in [0.05, 0.1) is 16.0 Å². The molecular formula is C17H12F2N2O5S. The van der Waals surface area contributed by atoms with Crippen molar-refractivity contribution in [2.75, 3.05) is 11.9 Å². The minimum Gasteiger partial charge on any atom is -0.325 e. The number of rotatable bonds is 5. The Morgan fingerprint density at radius 1 is 0.963 bits per heavy atom. The van der Waals surface area contributed by atoms with E-state index in [0.29, 0.717) is 0 Å². The summed E-state index contributed by atoms with van der Waals surface area (Å²) in [6.45, 7) is -0.538. The fourth-order valence-electron chi connectivity index (χ4n) is 2.56. The van der Waals surface area contributed by atoms with Gasteiger partial charge in [-0.2, -0.15) is 8.78 Å². The molecule has 10 heteroatoms. The standard InChI is InChI=1S/C17H12F2N2O5S/c18-17(19)27(25,26)11-7-5-10(6-8-11)20-14(22)9-21-15(23)12-3-1-2-4-13(12)16(21)24/h1-8,17H,9H2,(H,20,22). The molecule has 2 aromatic rings. The number of alkyl halides is 2. The van der Waals surface area contributed by atoms with Crippen LogP contribution >= 0.6 is 0 Å². The minimum atomic E-state index is -4.73. The number of carbonyl (C=O) groups excluding carboxylic acids is 3. The molecule has 3 amide bonds. The molecule has 0 bridgehead atoms. The third kappa shape index (κ3) is 3.43. The summed E-state index contributed by atoms with van der Waals surface area (Å²) in [4.78, 5) is 36.7. The molecule has 1 aliphatic rings. The van der Waals surface area contributed by atoms with E-state index in [4.69, 9.17) is 0 Å². The van der Waals surface area contributed by atoms with Crippen LogP contribution in [0, 0.1) is 0 Å². The summed E-state index contributed by atoms with van der Waals surface area (Å²) in [7, 11) is -4.73. The van der Waals surface area contributed by atoms with Crippen LogP contribution in [0.4, 0.5) is 14.5 Å². The normalized spacial score (nSPS) is 13.8. The second-order valence-electron chi connectivity index (χ2n) is 5.62. The molecule has 0 spiro atoms. The van der Waals surface area contributed by atoms with E-state index in [1.165, 1.54) is 12.1 Å². The van der Waals surface area contributed by atoms with Crippen molar-refractivity contribution in [3.05, 3.63) is 59.7 Å². The van der Waals surface area contributed by atoms with Gasteiger partial charge in [-0.1, -0.05) is 12.1 Å². The quantitative estimate of drug-likeness (QED) is 0.781.